The van der Waals surface area contributed by atoms with Gasteiger partial charge in [-0.15, -0.1) is 0 Å². The van der Waals surface area contributed by atoms with Gasteiger partial charge in [-0.05, 0) is 64.9 Å². The summed E-state index contributed by atoms with van der Waals surface area (Å²) in [5, 5.41) is 10.7. The number of nitrogens with zero attached hydrogens (tertiary/aromatic N) is 1. The fourth-order valence-electron chi connectivity index (χ4n) is 2.87. The third kappa shape index (κ3) is 6.37. The summed E-state index contributed by atoms with van der Waals surface area (Å²) in [5.74, 6) is 0. The van der Waals surface area contributed by atoms with E-state index in [0.717, 1.165) is 24.2 Å². The van der Waals surface area contributed by atoms with Gasteiger partial charge in [0.15, 0.2) is 5.11 Å². The molecular formula is C19H30N4O2S. The number of piperidine rings is 1. The molecule has 0 aromatic heterocycles. The molecule has 0 saturated carbocycles. The van der Waals surface area contributed by atoms with Crippen molar-refractivity contribution in [2.45, 2.75) is 52.1 Å². The van der Waals surface area contributed by atoms with Crippen LogP contribution in [0.4, 0.5) is 16.2 Å². The minimum atomic E-state index is -0.228. The van der Waals surface area contributed by atoms with Crippen molar-refractivity contribution in [1.29, 1.82) is 0 Å². The summed E-state index contributed by atoms with van der Waals surface area (Å²) in [7, 11) is 0. The Morgan fingerprint density at radius 2 is 1.85 bits per heavy atom. The lowest BCUT2D eigenvalue weighted by atomic mass is 10.1. The number of hydrogen-bond donors (Lipinski definition) is 3. The van der Waals surface area contributed by atoms with Crippen LogP contribution < -0.4 is 16.0 Å². The zero-order chi connectivity index (χ0) is 19.2. The molecule has 1 aliphatic rings. The number of amides is 1. The first-order chi connectivity index (χ1) is 12.3. The normalized spacial score (nSPS) is 15.3. The van der Waals surface area contributed by atoms with Gasteiger partial charge in [-0.3, -0.25) is 0 Å². The largest absolute Gasteiger partial charge is 0.450 e. The second kappa shape index (κ2) is 9.07. The molecule has 2 rings (SSSR count). The highest BCUT2D eigenvalue weighted by Crippen LogP contribution is 2.24. The van der Waals surface area contributed by atoms with Gasteiger partial charge in [0.2, 0.25) is 0 Å². The fraction of sp³-hybridized carbons (Fsp3) is 0.579. The van der Waals surface area contributed by atoms with Crippen molar-refractivity contribution in [2.24, 2.45) is 0 Å². The van der Waals surface area contributed by atoms with Gasteiger partial charge < -0.3 is 25.6 Å². The molecule has 7 heteroatoms. The van der Waals surface area contributed by atoms with Crippen LogP contribution in [0, 0.1) is 0 Å². The van der Waals surface area contributed by atoms with E-state index in [1.807, 2.05) is 31.2 Å². The van der Waals surface area contributed by atoms with Crippen molar-refractivity contribution in [2.75, 3.05) is 30.3 Å². The van der Waals surface area contributed by atoms with Crippen LogP contribution in [-0.2, 0) is 4.74 Å². The number of carbonyl (C=O) groups excluding carboxylic acids is 1. The molecule has 0 aliphatic carbocycles. The predicted molar refractivity (Wildman–Crippen MR) is 111 cm³/mol. The highest BCUT2D eigenvalue weighted by molar-refractivity contribution is 7.80. The molecule has 1 heterocycles. The van der Waals surface area contributed by atoms with Crippen molar-refractivity contribution >= 4 is 34.8 Å². The SMILES string of the molecule is CCOC(=O)N1CCC(NC(=S)Nc2ccccc2NC(C)(C)C)CC1. The molecule has 26 heavy (non-hydrogen) atoms. The van der Waals surface area contributed by atoms with Crippen LogP contribution in [0.5, 0.6) is 0 Å². The molecule has 144 valence electrons. The Kier molecular flexibility index (Phi) is 7.08. The molecule has 1 amide bonds. The minimum absolute atomic E-state index is 0.0350. The molecule has 6 nitrogen and oxygen atoms in total. The van der Waals surface area contributed by atoms with Crippen LogP contribution in [0.1, 0.15) is 40.5 Å². The van der Waals surface area contributed by atoms with E-state index in [4.69, 9.17) is 17.0 Å². The van der Waals surface area contributed by atoms with Crippen molar-refractivity contribution in [1.82, 2.24) is 10.2 Å². The van der Waals surface area contributed by atoms with Crippen LogP contribution in [0.25, 0.3) is 0 Å². The third-order valence-electron chi connectivity index (χ3n) is 4.04. The maximum atomic E-state index is 11.8. The quantitative estimate of drug-likeness (QED) is 0.693. The molecule has 1 saturated heterocycles. The van der Waals surface area contributed by atoms with Crippen LogP contribution >= 0.6 is 12.2 Å². The Labute approximate surface area is 161 Å². The molecule has 0 unspecified atom stereocenters. The zero-order valence-corrected chi connectivity index (χ0v) is 16.9. The maximum absolute atomic E-state index is 11.8. The number of anilines is 2. The maximum Gasteiger partial charge on any atom is 0.409 e. The first-order valence-corrected chi connectivity index (χ1v) is 9.55. The molecule has 1 fully saturated rings. The van der Waals surface area contributed by atoms with Crippen molar-refractivity contribution in [3.63, 3.8) is 0 Å². The van der Waals surface area contributed by atoms with E-state index in [1.165, 1.54) is 0 Å². The zero-order valence-electron chi connectivity index (χ0n) is 16.1. The average molecular weight is 379 g/mol. The monoisotopic (exact) mass is 378 g/mol. The summed E-state index contributed by atoms with van der Waals surface area (Å²) in [5.41, 5.74) is 1.93. The number of ether oxygens (including phenoxy) is 1. The van der Waals surface area contributed by atoms with Gasteiger partial charge in [-0.2, -0.15) is 0 Å². The highest BCUT2D eigenvalue weighted by atomic mass is 32.1. The number of thiocarbonyl (C=S) groups is 1. The summed E-state index contributed by atoms with van der Waals surface area (Å²) in [6.45, 7) is 9.96. The summed E-state index contributed by atoms with van der Waals surface area (Å²) in [4.78, 5) is 13.5. The molecule has 1 aromatic rings. The van der Waals surface area contributed by atoms with Gasteiger partial charge in [-0.1, -0.05) is 12.1 Å². The Hall–Kier alpha value is -2.02. The van der Waals surface area contributed by atoms with Gasteiger partial charge in [0.05, 0.1) is 18.0 Å². The second-order valence-electron chi connectivity index (χ2n) is 7.48. The van der Waals surface area contributed by atoms with Crippen LogP contribution in [0.2, 0.25) is 0 Å². The average Bonchev–Trinajstić information content (AvgIpc) is 2.56. The molecular weight excluding hydrogens is 348 g/mol. The van der Waals surface area contributed by atoms with Gasteiger partial charge in [0.25, 0.3) is 0 Å². The van der Waals surface area contributed by atoms with E-state index in [9.17, 15) is 4.79 Å². The lowest BCUT2D eigenvalue weighted by Gasteiger charge is -2.32. The van der Waals surface area contributed by atoms with E-state index >= 15 is 0 Å². The van der Waals surface area contributed by atoms with E-state index < -0.39 is 0 Å². The minimum Gasteiger partial charge on any atom is -0.450 e. The number of hydrogen-bond acceptors (Lipinski definition) is 4. The molecule has 0 atom stereocenters. The van der Waals surface area contributed by atoms with Crippen LogP contribution in [-0.4, -0.2) is 47.4 Å². The molecule has 0 spiro atoms. The van der Waals surface area contributed by atoms with E-state index in [0.29, 0.717) is 24.8 Å². The van der Waals surface area contributed by atoms with Crippen LogP contribution in [0.3, 0.4) is 0 Å². The second-order valence-corrected chi connectivity index (χ2v) is 7.89. The van der Waals surface area contributed by atoms with Crippen LogP contribution in [0.15, 0.2) is 24.3 Å². The Morgan fingerprint density at radius 3 is 2.42 bits per heavy atom. The molecule has 1 aliphatic heterocycles. The lowest BCUT2D eigenvalue weighted by molar-refractivity contribution is 0.0964. The summed E-state index contributed by atoms with van der Waals surface area (Å²) < 4.78 is 5.05. The van der Waals surface area contributed by atoms with Gasteiger partial charge in [-0.25, -0.2) is 4.79 Å². The predicted octanol–water partition coefficient (Wildman–Crippen LogP) is 3.80. The number of carbonyl (C=O) groups is 1. The molecule has 0 radical (unpaired) electrons. The van der Waals surface area contributed by atoms with Crippen molar-refractivity contribution in [3.05, 3.63) is 24.3 Å². The fourth-order valence-corrected chi connectivity index (χ4v) is 3.15. The summed E-state index contributed by atoms with van der Waals surface area (Å²) >= 11 is 5.49. The highest BCUT2D eigenvalue weighted by Gasteiger charge is 2.24. The van der Waals surface area contributed by atoms with Crippen molar-refractivity contribution in [3.8, 4) is 0 Å². The first-order valence-electron chi connectivity index (χ1n) is 9.15. The summed E-state index contributed by atoms with van der Waals surface area (Å²) in [6, 6.07) is 8.28. The van der Waals surface area contributed by atoms with Crippen molar-refractivity contribution < 1.29 is 9.53 Å². The lowest BCUT2D eigenvalue weighted by Crippen LogP contribution is -2.47. The third-order valence-corrected chi connectivity index (χ3v) is 4.26. The van der Waals surface area contributed by atoms with E-state index in [1.54, 1.807) is 4.90 Å². The first kappa shape index (κ1) is 20.3. The number of likely N-dealkylation sites (tertiary alicyclic amines) is 1. The van der Waals surface area contributed by atoms with Gasteiger partial charge >= 0.3 is 6.09 Å². The number of benzene rings is 1. The number of nitrogens with one attached hydrogen (secondary N) is 3. The smallest absolute Gasteiger partial charge is 0.409 e. The summed E-state index contributed by atoms with van der Waals surface area (Å²) in [6.07, 6.45) is 1.47. The standard InChI is InChI=1S/C19H30N4O2S/c1-5-25-18(24)23-12-10-14(11-13-23)20-17(26)21-15-8-6-7-9-16(15)22-19(2,3)4/h6-9,14,22H,5,10-13H2,1-4H3,(H2,20,21,26). The van der Waals surface area contributed by atoms with E-state index in [2.05, 4.69) is 36.7 Å². The van der Waals surface area contributed by atoms with Gasteiger partial charge in [0.1, 0.15) is 0 Å². The molecule has 1 aromatic carbocycles. The van der Waals surface area contributed by atoms with Gasteiger partial charge in [0, 0.05) is 24.7 Å². The molecule has 3 N–H and O–H groups in total. The Bertz CT molecular complexity index is 622. The topological polar surface area (TPSA) is 65.6 Å². The molecule has 0 bridgehead atoms. The Morgan fingerprint density at radius 1 is 1.23 bits per heavy atom. The number of rotatable bonds is 4. The number of para-hydroxylation sites is 2. The Balaban J connectivity index is 1.86. The van der Waals surface area contributed by atoms with E-state index in [-0.39, 0.29) is 17.7 Å².